The van der Waals surface area contributed by atoms with Gasteiger partial charge in [-0.05, 0) is 29.5 Å². The molecule has 0 amide bonds. The van der Waals surface area contributed by atoms with E-state index in [9.17, 15) is 14.9 Å². The lowest BCUT2D eigenvalue weighted by Crippen LogP contribution is -2.06. The Hall–Kier alpha value is -3.28. The van der Waals surface area contributed by atoms with Crippen LogP contribution in [0.2, 0.25) is 0 Å². The predicted octanol–water partition coefficient (Wildman–Crippen LogP) is 2.02. The Morgan fingerprint density at radius 1 is 1.35 bits per heavy atom. The first-order chi connectivity index (χ1) is 12.5. The molecule has 3 aromatic rings. The van der Waals surface area contributed by atoms with E-state index in [4.69, 9.17) is 4.18 Å². The smallest absolute Gasteiger partial charge is 0.336 e. The first kappa shape index (κ1) is 17.5. The van der Waals surface area contributed by atoms with Gasteiger partial charge in [0.25, 0.3) is 0 Å². The van der Waals surface area contributed by atoms with Gasteiger partial charge in [-0.3, -0.25) is 14.9 Å². The maximum atomic E-state index is 11.7. The molecule has 0 saturated carbocycles. The second kappa shape index (κ2) is 7.31. The molecular weight excluding hydrogens is 362 g/mol. The number of aryl methyl sites for hydroxylation is 1. The molecule has 0 radical (unpaired) electrons. The SMILES string of the molecule is CCn1nnnc1-c1c([N+](=O)[O-])c(SOC(C)=O)nn1-c1ccccc1. The predicted molar refractivity (Wildman–Crippen MR) is 90.3 cm³/mol. The van der Waals surface area contributed by atoms with Crippen LogP contribution in [0.5, 0.6) is 0 Å². The average molecular weight is 375 g/mol. The van der Waals surface area contributed by atoms with Crippen molar-refractivity contribution in [3.8, 4) is 17.2 Å². The fourth-order valence-corrected chi connectivity index (χ4v) is 2.81. The average Bonchev–Trinajstić information content (AvgIpc) is 3.24. The lowest BCUT2D eigenvalue weighted by molar-refractivity contribution is -0.387. The van der Waals surface area contributed by atoms with Crippen molar-refractivity contribution in [2.75, 3.05) is 0 Å². The first-order valence-electron chi connectivity index (χ1n) is 7.47. The molecule has 134 valence electrons. The quantitative estimate of drug-likeness (QED) is 0.360. The molecule has 2 aromatic heterocycles. The van der Waals surface area contributed by atoms with Crippen LogP contribution in [0.25, 0.3) is 17.2 Å². The molecule has 0 fully saturated rings. The Morgan fingerprint density at radius 2 is 2.08 bits per heavy atom. The lowest BCUT2D eigenvalue weighted by Gasteiger charge is -2.06. The second-order valence-corrected chi connectivity index (χ2v) is 5.70. The summed E-state index contributed by atoms with van der Waals surface area (Å²) < 4.78 is 7.62. The van der Waals surface area contributed by atoms with Crippen LogP contribution in [0, 0.1) is 10.1 Å². The van der Waals surface area contributed by atoms with E-state index in [1.54, 1.807) is 24.3 Å². The first-order valence-corrected chi connectivity index (χ1v) is 8.21. The van der Waals surface area contributed by atoms with Gasteiger partial charge in [-0.15, -0.1) is 10.2 Å². The van der Waals surface area contributed by atoms with Crippen molar-refractivity contribution in [2.24, 2.45) is 0 Å². The van der Waals surface area contributed by atoms with Gasteiger partial charge in [0.15, 0.2) is 5.69 Å². The van der Waals surface area contributed by atoms with Crippen molar-refractivity contribution in [1.82, 2.24) is 30.0 Å². The number of carbonyl (C=O) groups is 1. The number of nitro groups is 1. The second-order valence-electron chi connectivity index (χ2n) is 4.98. The van der Waals surface area contributed by atoms with Gasteiger partial charge >= 0.3 is 11.7 Å². The van der Waals surface area contributed by atoms with Crippen molar-refractivity contribution in [3.05, 3.63) is 40.4 Å². The van der Waals surface area contributed by atoms with Crippen molar-refractivity contribution in [3.63, 3.8) is 0 Å². The highest BCUT2D eigenvalue weighted by Gasteiger charge is 2.34. The van der Waals surface area contributed by atoms with E-state index in [0.29, 0.717) is 24.3 Å². The fraction of sp³-hybridized carbons (Fsp3) is 0.214. The largest absolute Gasteiger partial charge is 0.384 e. The van der Waals surface area contributed by atoms with E-state index in [-0.39, 0.29) is 22.2 Å². The number of nitrogens with zero attached hydrogens (tertiary/aromatic N) is 7. The maximum Gasteiger partial charge on any atom is 0.336 e. The molecular formula is C14H13N7O4S. The molecule has 0 aliphatic rings. The van der Waals surface area contributed by atoms with Crippen LogP contribution >= 0.6 is 12.0 Å². The third-order valence-corrected chi connectivity index (χ3v) is 4.04. The van der Waals surface area contributed by atoms with Gasteiger partial charge < -0.3 is 4.18 Å². The summed E-state index contributed by atoms with van der Waals surface area (Å²) in [6.07, 6.45) is 0. The van der Waals surface area contributed by atoms with Gasteiger partial charge in [0.05, 0.1) is 10.6 Å². The van der Waals surface area contributed by atoms with Crippen LogP contribution in [0.1, 0.15) is 13.8 Å². The highest BCUT2D eigenvalue weighted by Crippen LogP contribution is 2.39. The summed E-state index contributed by atoms with van der Waals surface area (Å²) in [5, 5.41) is 27.3. The number of rotatable bonds is 6. The summed E-state index contributed by atoms with van der Waals surface area (Å²) in [6, 6.07) is 8.83. The molecule has 0 unspecified atom stereocenters. The van der Waals surface area contributed by atoms with Crippen LogP contribution in [-0.2, 0) is 15.5 Å². The van der Waals surface area contributed by atoms with Crippen LogP contribution in [0.15, 0.2) is 35.4 Å². The molecule has 0 aliphatic carbocycles. The number of benzene rings is 1. The summed E-state index contributed by atoms with van der Waals surface area (Å²) >= 11 is 0.523. The van der Waals surface area contributed by atoms with Gasteiger partial charge in [-0.25, -0.2) is 9.36 Å². The number of para-hydroxylation sites is 1. The summed E-state index contributed by atoms with van der Waals surface area (Å²) in [7, 11) is 0. The minimum absolute atomic E-state index is 0.0743. The summed E-state index contributed by atoms with van der Waals surface area (Å²) in [5.41, 5.74) is 0.332. The summed E-state index contributed by atoms with van der Waals surface area (Å²) in [6.45, 7) is 3.42. The van der Waals surface area contributed by atoms with Crippen molar-refractivity contribution in [1.29, 1.82) is 0 Å². The maximum absolute atomic E-state index is 11.7. The molecule has 26 heavy (non-hydrogen) atoms. The zero-order valence-corrected chi connectivity index (χ0v) is 14.6. The van der Waals surface area contributed by atoms with E-state index in [0.717, 1.165) is 0 Å². The standard InChI is InChI=1S/C14H13N7O4S/c1-3-19-13(15-17-18-19)11-12(21(23)24)14(26-25-9(2)22)16-20(11)10-7-5-4-6-8-10/h4-8H,3H2,1-2H3. The normalized spacial score (nSPS) is 10.7. The zero-order valence-electron chi connectivity index (χ0n) is 13.8. The number of hydrogen-bond donors (Lipinski definition) is 0. The van der Waals surface area contributed by atoms with Crippen molar-refractivity contribution >= 4 is 23.7 Å². The lowest BCUT2D eigenvalue weighted by atomic mass is 10.3. The Kier molecular flexibility index (Phi) is 4.93. The van der Waals surface area contributed by atoms with Crippen LogP contribution < -0.4 is 0 Å². The Morgan fingerprint density at radius 3 is 2.69 bits per heavy atom. The van der Waals surface area contributed by atoms with E-state index in [1.165, 1.54) is 16.3 Å². The zero-order chi connectivity index (χ0) is 18.7. The Bertz CT molecular complexity index is 954. The molecule has 1 aromatic carbocycles. The molecule has 2 heterocycles. The molecule has 12 heteroatoms. The summed E-state index contributed by atoms with van der Waals surface area (Å²) in [4.78, 5) is 22.3. The Balaban J connectivity index is 2.27. The van der Waals surface area contributed by atoms with Gasteiger partial charge in [-0.1, -0.05) is 18.2 Å². The molecule has 11 nitrogen and oxygen atoms in total. The van der Waals surface area contributed by atoms with Crippen molar-refractivity contribution < 1.29 is 13.9 Å². The third kappa shape index (κ3) is 3.26. The minimum atomic E-state index is -0.599. The monoisotopic (exact) mass is 375 g/mol. The van der Waals surface area contributed by atoms with E-state index in [1.807, 2.05) is 13.0 Å². The van der Waals surface area contributed by atoms with Crippen molar-refractivity contribution in [2.45, 2.75) is 25.4 Å². The van der Waals surface area contributed by atoms with Gasteiger partial charge in [0, 0.05) is 13.5 Å². The number of aromatic nitrogens is 6. The summed E-state index contributed by atoms with van der Waals surface area (Å²) in [5.74, 6) is -0.413. The molecule has 0 saturated heterocycles. The highest BCUT2D eigenvalue weighted by atomic mass is 32.2. The molecule has 0 bridgehead atoms. The fourth-order valence-electron chi connectivity index (χ4n) is 2.25. The molecule has 0 spiro atoms. The number of hydrogen-bond acceptors (Lipinski definition) is 9. The van der Waals surface area contributed by atoms with Crippen LogP contribution in [-0.4, -0.2) is 40.9 Å². The van der Waals surface area contributed by atoms with E-state index >= 15 is 0 Å². The number of carbonyl (C=O) groups excluding carboxylic acids is 1. The molecule has 3 rings (SSSR count). The Labute approximate surface area is 151 Å². The van der Waals surface area contributed by atoms with Gasteiger partial charge in [0.1, 0.15) is 12.0 Å². The molecule has 0 atom stereocenters. The van der Waals surface area contributed by atoms with Crippen LogP contribution in [0.3, 0.4) is 0 Å². The minimum Gasteiger partial charge on any atom is -0.384 e. The number of tetrazole rings is 1. The van der Waals surface area contributed by atoms with Gasteiger partial charge in [-0.2, -0.15) is 0 Å². The molecule has 0 aliphatic heterocycles. The topological polar surface area (TPSA) is 131 Å². The molecule has 0 N–H and O–H groups in total. The van der Waals surface area contributed by atoms with Gasteiger partial charge in [0.2, 0.25) is 10.9 Å². The van der Waals surface area contributed by atoms with E-state index in [2.05, 4.69) is 20.6 Å². The van der Waals surface area contributed by atoms with Crippen LogP contribution in [0.4, 0.5) is 5.69 Å². The highest BCUT2D eigenvalue weighted by molar-refractivity contribution is 7.95. The van der Waals surface area contributed by atoms with E-state index < -0.39 is 10.9 Å². The third-order valence-electron chi connectivity index (χ3n) is 3.29.